The van der Waals surface area contributed by atoms with Gasteiger partial charge < -0.3 is 10.1 Å². The van der Waals surface area contributed by atoms with Crippen molar-refractivity contribution in [1.29, 1.82) is 0 Å². The Morgan fingerprint density at radius 1 is 1.27 bits per heavy atom. The van der Waals surface area contributed by atoms with Crippen molar-refractivity contribution in [1.82, 2.24) is 10.3 Å². The number of nitrogens with one attached hydrogen (secondary N) is 2. The van der Waals surface area contributed by atoms with Crippen molar-refractivity contribution in [3.63, 3.8) is 0 Å². The zero-order valence-electron chi connectivity index (χ0n) is 13.2. The molecule has 0 bridgehead atoms. The normalized spacial score (nSPS) is 12.0. The number of benzene rings is 1. The second kappa shape index (κ2) is 7.26. The van der Waals surface area contributed by atoms with Gasteiger partial charge in [-0.25, -0.2) is 9.78 Å². The number of hydrogen-bond donors (Lipinski definition) is 2. The second-order valence-corrected chi connectivity index (χ2v) is 6.20. The molecule has 5 nitrogen and oxygen atoms in total. The summed E-state index contributed by atoms with van der Waals surface area (Å²) in [6.45, 7) is 7.90. The van der Waals surface area contributed by atoms with E-state index in [1.165, 1.54) is 11.3 Å². The zero-order chi connectivity index (χ0) is 16.1. The number of urea groups is 1. The molecule has 118 valence electrons. The Labute approximate surface area is 134 Å². The van der Waals surface area contributed by atoms with Crippen LogP contribution in [0.3, 0.4) is 0 Å². The maximum Gasteiger partial charge on any atom is 0.323 e. The predicted molar refractivity (Wildman–Crippen MR) is 89.6 cm³/mol. The van der Waals surface area contributed by atoms with Gasteiger partial charge in [-0.15, -0.1) is 11.3 Å². The molecule has 2 N–H and O–H groups in total. The number of rotatable bonds is 5. The van der Waals surface area contributed by atoms with Gasteiger partial charge in [-0.05, 0) is 31.4 Å². The SMILES string of the molecule is Cc1csc(NC(=O)NC(C)Oc2ccccc2C(C)C)n1. The number of amides is 2. The molecule has 0 aliphatic carbocycles. The average Bonchev–Trinajstić information content (AvgIpc) is 2.83. The van der Waals surface area contributed by atoms with Crippen LogP contribution in [0.15, 0.2) is 29.6 Å². The van der Waals surface area contributed by atoms with Crippen LogP contribution in [-0.2, 0) is 0 Å². The molecule has 1 atom stereocenters. The lowest BCUT2D eigenvalue weighted by Crippen LogP contribution is -2.39. The minimum absolute atomic E-state index is 0.330. The van der Waals surface area contributed by atoms with E-state index in [2.05, 4.69) is 29.5 Å². The van der Waals surface area contributed by atoms with Crippen molar-refractivity contribution >= 4 is 22.5 Å². The lowest BCUT2D eigenvalue weighted by Gasteiger charge is -2.19. The minimum Gasteiger partial charge on any atom is -0.471 e. The fraction of sp³-hybridized carbons (Fsp3) is 0.375. The molecule has 22 heavy (non-hydrogen) atoms. The molecule has 1 unspecified atom stereocenters. The van der Waals surface area contributed by atoms with Gasteiger partial charge in [0.15, 0.2) is 11.4 Å². The van der Waals surface area contributed by atoms with E-state index in [0.717, 1.165) is 17.0 Å². The zero-order valence-corrected chi connectivity index (χ0v) is 14.0. The Morgan fingerprint density at radius 3 is 2.64 bits per heavy atom. The van der Waals surface area contributed by atoms with Crippen LogP contribution in [0.1, 0.15) is 37.9 Å². The molecule has 0 aliphatic heterocycles. The molecule has 1 aromatic carbocycles. The number of nitrogens with zero attached hydrogens (tertiary/aromatic N) is 1. The Balaban J connectivity index is 1.92. The third-order valence-electron chi connectivity index (χ3n) is 3.02. The number of aryl methyl sites for hydroxylation is 1. The first-order valence-electron chi connectivity index (χ1n) is 7.21. The number of carbonyl (C=O) groups is 1. The maximum atomic E-state index is 11.9. The first-order valence-corrected chi connectivity index (χ1v) is 8.09. The van der Waals surface area contributed by atoms with E-state index >= 15 is 0 Å². The van der Waals surface area contributed by atoms with Crippen molar-refractivity contribution in [2.24, 2.45) is 0 Å². The Morgan fingerprint density at radius 2 is 2.00 bits per heavy atom. The van der Waals surface area contributed by atoms with Crippen LogP contribution in [0.25, 0.3) is 0 Å². The molecule has 0 spiro atoms. The molecular formula is C16H21N3O2S. The largest absolute Gasteiger partial charge is 0.471 e. The van der Waals surface area contributed by atoms with Crippen LogP contribution < -0.4 is 15.4 Å². The number of hydrogen-bond acceptors (Lipinski definition) is 4. The van der Waals surface area contributed by atoms with E-state index in [1.807, 2.05) is 36.6 Å². The van der Waals surface area contributed by atoms with E-state index in [-0.39, 0.29) is 6.03 Å². The van der Waals surface area contributed by atoms with Crippen LogP contribution in [-0.4, -0.2) is 17.2 Å². The van der Waals surface area contributed by atoms with Gasteiger partial charge in [0.05, 0.1) is 5.69 Å². The van der Waals surface area contributed by atoms with Gasteiger partial charge in [-0.1, -0.05) is 32.0 Å². The third kappa shape index (κ3) is 4.46. The summed E-state index contributed by atoms with van der Waals surface area (Å²) in [6.07, 6.45) is -0.444. The Hall–Kier alpha value is -2.08. The van der Waals surface area contributed by atoms with E-state index in [4.69, 9.17) is 4.74 Å². The van der Waals surface area contributed by atoms with Crippen LogP contribution in [0.4, 0.5) is 9.93 Å². The molecule has 2 aromatic rings. The van der Waals surface area contributed by atoms with Gasteiger partial charge in [0, 0.05) is 5.38 Å². The summed E-state index contributed by atoms with van der Waals surface area (Å²) in [4.78, 5) is 16.1. The molecule has 1 heterocycles. The lowest BCUT2D eigenvalue weighted by atomic mass is 10.0. The van der Waals surface area contributed by atoms with Gasteiger partial charge in [-0.3, -0.25) is 5.32 Å². The quantitative estimate of drug-likeness (QED) is 0.815. The number of ether oxygens (including phenoxy) is 1. The van der Waals surface area contributed by atoms with Crippen molar-refractivity contribution < 1.29 is 9.53 Å². The van der Waals surface area contributed by atoms with Crippen LogP contribution in [0, 0.1) is 6.92 Å². The predicted octanol–water partition coefficient (Wildman–Crippen LogP) is 4.12. The minimum atomic E-state index is -0.444. The van der Waals surface area contributed by atoms with Gasteiger partial charge >= 0.3 is 6.03 Å². The summed E-state index contributed by atoms with van der Waals surface area (Å²) in [5.74, 6) is 1.14. The summed E-state index contributed by atoms with van der Waals surface area (Å²) in [6, 6.07) is 7.52. The van der Waals surface area contributed by atoms with E-state index < -0.39 is 6.23 Å². The molecule has 6 heteroatoms. The lowest BCUT2D eigenvalue weighted by molar-refractivity contribution is 0.181. The van der Waals surface area contributed by atoms with Gasteiger partial charge in [0.2, 0.25) is 0 Å². The number of carbonyl (C=O) groups excluding carboxylic acids is 1. The standard InChI is InChI=1S/C16H21N3O2S/c1-10(2)13-7-5-6-8-14(13)21-12(4)18-15(20)19-16-17-11(3)9-22-16/h5-10,12H,1-4H3,(H2,17,18,19,20). The van der Waals surface area contributed by atoms with Gasteiger partial charge in [0.1, 0.15) is 5.75 Å². The number of thiazole rings is 1. The molecule has 0 saturated carbocycles. The number of aromatic nitrogens is 1. The molecule has 1 aromatic heterocycles. The van der Waals surface area contributed by atoms with E-state index in [9.17, 15) is 4.79 Å². The summed E-state index contributed by atoms with van der Waals surface area (Å²) in [5, 5.41) is 7.90. The highest BCUT2D eigenvalue weighted by atomic mass is 32.1. The van der Waals surface area contributed by atoms with Crippen molar-refractivity contribution in [2.75, 3.05) is 5.32 Å². The van der Waals surface area contributed by atoms with E-state index in [0.29, 0.717) is 11.0 Å². The third-order valence-corrected chi connectivity index (χ3v) is 3.89. The first-order chi connectivity index (χ1) is 10.5. The molecule has 2 rings (SSSR count). The first kappa shape index (κ1) is 16.3. The molecule has 2 amide bonds. The van der Waals surface area contributed by atoms with Gasteiger partial charge in [-0.2, -0.15) is 0 Å². The molecule has 0 radical (unpaired) electrons. The molecular weight excluding hydrogens is 298 g/mol. The Kier molecular flexibility index (Phi) is 5.38. The highest BCUT2D eigenvalue weighted by molar-refractivity contribution is 7.13. The highest BCUT2D eigenvalue weighted by Crippen LogP contribution is 2.26. The summed E-state index contributed by atoms with van der Waals surface area (Å²) in [5.41, 5.74) is 2.00. The Bertz CT molecular complexity index is 640. The van der Waals surface area contributed by atoms with Gasteiger partial charge in [0.25, 0.3) is 0 Å². The van der Waals surface area contributed by atoms with Crippen LogP contribution >= 0.6 is 11.3 Å². The summed E-state index contributed by atoms with van der Waals surface area (Å²) in [7, 11) is 0. The smallest absolute Gasteiger partial charge is 0.323 e. The fourth-order valence-corrected chi connectivity index (χ4v) is 2.70. The molecule has 0 saturated heterocycles. The topological polar surface area (TPSA) is 63.2 Å². The van der Waals surface area contributed by atoms with E-state index in [1.54, 1.807) is 6.92 Å². The molecule has 0 aliphatic rings. The molecule has 0 fully saturated rings. The van der Waals surface area contributed by atoms with Crippen molar-refractivity contribution in [3.05, 3.63) is 40.9 Å². The number of anilines is 1. The van der Waals surface area contributed by atoms with Crippen molar-refractivity contribution in [3.8, 4) is 5.75 Å². The number of para-hydroxylation sites is 1. The highest BCUT2D eigenvalue weighted by Gasteiger charge is 2.13. The second-order valence-electron chi connectivity index (χ2n) is 5.35. The van der Waals surface area contributed by atoms with Crippen molar-refractivity contribution in [2.45, 2.75) is 39.8 Å². The van der Waals surface area contributed by atoms with Crippen LogP contribution in [0.2, 0.25) is 0 Å². The average molecular weight is 319 g/mol. The fourth-order valence-electron chi connectivity index (χ4n) is 2.01. The summed E-state index contributed by atoms with van der Waals surface area (Å²) >= 11 is 1.39. The maximum absolute atomic E-state index is 11.9. The monoisotopic (exact) mass is 319 g/mol. The van der Waals surface area contributed by atoms with Crippen LogP contribution in [0.5, 0.6) is 5.75 Å². The summed E-state index contributed by atoms with van der Waals surface area (Å²) < 4.78 is 5.83.